The average molecular weight is 524 g/mol. The topological polar surface area (TPSA) is 68.8 Å². The third kappa shape index (κ3) is 5.06. The lowest BCUT2D eigenvalue weighted by Crippen LogP contribution is -2.43. The maximum atomic E-state index is 5.52. The van der Waals surface area contributed by atoms with Gasteiger partial charge in [0.1, 0.15) is 5.82 Å². The van der Waals surface area contributed by atoms with Crippen LogP contribution in [-0.2, 0) is 11.3 Å². The summed E-state index contributed by atoms with van der Waals surface area (Å²) in [5, 5.41) is 7.08. The lowest BCUT2D eigenvalue weighted by molar-refractivity contribution is 0.122. The fourth-order valence-electron chi connectivity index (χ4n) is 5.98. The van der Waals surface area contributed by atoms with Crippen molar-refractivity contribution in [3.8, 4) is 0 Å². The van der Waals surface area contributed by atoms with Crippen molar-refractivity contribution < 1.29 is 4.74 Å². The number of rotatable bonds is 6. The number of ether oxygens (including phenoxy) is 1. The molecule has 1 aliphatic carbocycles. The zero-order valence-corrected chi connectivity index (χ0v) is 22.7. The van der Waals surface area contributed by atoms with Gasteiger partial charge in [0, 0.05) is 99.0 Å². The first kappa shape index (κ1) is 24.4. The van der Waals surface area contributed by atoms with E-state index in [1.807, 2.05) is 12.4 Å². The molecule has 5 heterocycles. The minimum atomic E-state index is 0.618. The lowest BCUT2D eigenvalue weighted by Gasteiger charge is -2.38. The predicted molar refractivity (Wildman–Crippen MR) is 157 cm³/mol. The molecule has 0 unspecified atom stereocenters. The molecule has 202 valence electrons. The van der Waals surface area contributed by atoms with E-state index in [0.29, 0.717) is 5.92 Å². The average Bonchev–Trinajstić information content (AvgIpc) is 3.84. The first-order valence-corrected chi connectivity index (χ1v) is 14.3. The Balaban J connectivity index is 1.16. The molecule has 0 spiro atoms. The Morgan fingerprint density at radius 2 is 1.72 bits per heavy atom. The number of pyridine rings is 2. The number of aromatic nitrogens is 2. The third-order valence-electron chi connectivity index (χ3n) is 8.29. The van der Waals surface area contributed by atoms with Crippen LogP contribution in [0.15, 0.2) is 55.0 Å². The summed E-state index contributed by atoms with van der Waals surface area (Å²) >= 11 is 0. The van der Waals surface area contributed by atoms with Crippen LogP contribution in [0.3, 0.4) is 0 Å². The van der Waals surface area contributed by atoms with E-state index < -0.39 is 0 Å². The quantitative estimate of drug-likeness (QED) is 0.491. The van der Waals surface area contributed by atoms with E-state index in [1.165, 1.54) is 46.6 Å². The van der Waals surface area contributed by atoms with Gasteiger partial charge in [-0.15, -0.1) is 0 Å². The highest BCUT2D eigenvalue weighted by atomic mass is 16.5. The first-order valence-electron chi connectivity index (χ1n) is 14.3. The zero-order valence-electron chi connectivity index (χ0n) is 22.7. The number of hydrogen-bond acceptors (Lipinski definition) is 8. The molecule has 3 aliphatic heterocycles. The van der Waals surface area contributed by atoms with Gasteiger partial charge in [-0.2, -0.15) is 0 Å². The summed E-state index contributed by atoms with van der Waals surface area (Å²) in [4.78, 5) is 16.8. The van der Waals surface area contributed by atoms with Crippen LogP contribution in [0.1, 0.15) is 41.1 Å². The molecule has 0 bridgehead atoms. The first-order chi connectivity index (χ1) is 19.2. The molecule has 2 N–H and O–H groups in total. The number of hydrogen-bond donors (Lipinski definition) is 2. The van der Waals surface area contributed by atoms with Gasteiger partial charge in [0.15, 0.2) is 0 Å². The van der Waals surface area contributed by atoms with E-state index in [1.54, 1.807) is 0 Å². The Kier molecular flexibility index (Phi) is 6.58. The van der Waals surface area contributed by atoms with Crippen LogP contribution in [0.4, 0.5) is 22.9 Å². The van der Waals surface area contributed by atoms with Crippen molar-refractivity contribution in [1.29, 1.82) is 0 Å². The summed E-state index contributed by atoms with van der Waals surface area (Å²) in [6.07, 6.45) is 8.78. The minimum absolute atomic E-state index is 0.618. The number of nitrogens with zero attached hydrogens (tertiary/aromatic N) is 5. The van der Waals surface area contributed by atoms with Crippen molar-refractivity contribution in [3.63, 3.8) is 0 Å². The van der Waals surface area contributed by atoms with E-state index >= 15 is 0 Å². The molecule has 1 aromatic carbocycles. The Morgan fingerprint density at radius 1 is 0.897 bits per heavy atom. The van der Waals surface area contributed by atoms with E-state index in [-0.39, 0.29) is 0 Å². The second kappa shape index (κ2) is 10.5. The van der Waals surface area contributed by atoms with Gasteiger partial charge in [-0.05, 0) is 61.2 Å². The van der Waals surface area contributed by atoms with Crippen LogP contribution in [-0.4, -0.2) is 67.4 Å². The molecule has 3 fully saturated rings. The molecule has 3 aromatic rings. The summed E-state index contributed by atoms with van der Waals surface area (Å²) in [5.41, 5.74) is 10.0. The SMILES string of the molecule is Cc1cc(N2CCOCC2)ccc1Nc1cc(N2C=C(N3CCNCC3)c3c(ccnc3C3CC3)C2)ccn1. The maximum absolute atomic E-state index is 5.52. The van der Waals surface area contributed by atoms with Gasteiger partial charge >= 0.3 is 0 Å². The number of morpholine rings is 1. The van der Waals surface area contributed by atoms with E-state index in [4.69, 9.17) is 9.72 Å². The molecule has 8 heteroatoms. The van der Waals surface area contributed by atoms with Crippen molar-refractivity contribution in [2.75, 3.05) is 67.6 Å². The van der Waals surface area contributed by atoms with Crippen LogP contribution in [0.5, 0.6) is 0 Å². The van der Waals surface area contributed by atoms with Crippen molar-refractivity contribution in [1.82, 2.24) is 20.2 Å². The zero-order chi connectivity index (χ0) is 26.2. The van der Waals surface area contributed by atoms with E-state index in [0.717, 1.165) is 76.2 Å². The highest BCUT2D eigenvalue weighted by Gasteiger charge is 2.33. The molecule has 0 radical (unpaired) electrons. The van der Waals surface area contributed by atoms with Crippen molar-refractivity contribution in [2.45, 2.75) is 32.2 Å². The number of anilines is 4. The molecular weight excluding hydrogens is 486 g/mol. The monoisotopic (exact) mass is 523 g/mol. The summed E-state index contributed by atoms with van der Waals surface area (Å²) in [5.74, 6) is 1.47. The Hall–Kier alpha value is -3.62. The fourth-order valence-corrected chi connectivity index (χ4v) is 5.98. The lowest BCUT2D eigenvalue weighted by atomic mass is 9.96. The maximum Gasteiger partial charge on any atom is 0.132 e. The number of benzene rings is 1. The third-order valence-corrected chi connectivity index (χ3v) is 8.29. The van der Waals surface area contributed by atoms with Gasteiger partial charge in [-0.25, -0.2) is 4.98 Å². The number of fused-ring (bicyclic) bond motifs is 1. The van der Waals surface area contributed by atoms with Gasteiger partial charge in [-0.1, -0.05) is 0 Å². The van der Waals surface area contributed by atoms with Gasteiger partial charge in [0.25, 0.3) is 0 Å². The molecule has 8 nitrogen and oxygen atoms in total. The van der Waals surface area contributed by atoms with Crippen LogP contribution in [0, 0.1) is 6.92 Å². The summed E-state index contributed by atoms with van der Waals surface area (Å²) < 4.78 is 5.52. The van der Waals surface area contributed by atoms with Gasteiger partial charge < -0.3 is 30.1 Å². The van der Waals surface area contributed by atoms with Crippen LogP contribution < -0.4 is 20.4 Å². The molecule has 0 amide bonds. The summed E-state index contributed by atoms with van der Waals surface area (Å²) in [7, 11) is 0. The number of piperazine rings is 1. The Labute approximate surface area is 230 Å². The second-order valence-electron chi connectivity index (χ2n) is 11.0. The molecule has 7 rings (SSSR count). The van der Waals surface area contributed by atoms with E-state index in [2.05, 4.69) is 79.8 Å². The summed E-state index contributed by atoms with van der Waals surface area (Å²) in [6.45, 7) is 10.5. The Morgan fingerprint density at radius 3 is 2.51 bits per heavy atom. The largest absolute Gasteiger partial charge is 0.378 e. The van der Waals surface area contributed by atoms with Crippen molar-refractivity contribution in [3.05, 3.63) is 77.4 Å². The molecule has 0 atom stereocenters. The van der Waals surface area contributed by atoms with Gasteiger partial charge in [-0.3, -0.25) is 4.98 Å². The fraction of sp³-hybridized carbons (Fsp3) is 0.419. The highest BCUT2D eigenvalue weighted by Crippen LogP contribution is 2.45. The number of aryl methyl sites for hydroxylation is 1. The molecular formula is C31H37N7O. The minimum Gasteiger partial charge on any atom is -0.378 e. The molecule has 2 aromatic heterocycles. The van der Waals surface area contributed by atoms with E-state index in [9.17, 15) is 0 Å². The molecule has 39 heavy (non-hydrogen) atoms. The van der Waals surface area contributed by atoms with Crippen molar-refractivity contribution in [2.24, 2.45) is 0 Å². The Bertz CT molecular complexity index is 1370. The second-order valence-corrected chi connectivity index (χ2v) is 11.0. The summed E-state index contributed by atoms with van der Waals surface area (Å²) in [6, 6.07) is 13.1. The van der Waals surface area contributed by atoms with Crippen LogP contribution in [0.2, 0.25) is 0 Å². The molecule has 2 saturated heterocycles. The number of nitrogens with one attached hydrogen (secondary N) is 2. The normalized spacial score (nSPS) is 19.5. The standard InChI is InChI=1S/C31H37N7O/c1-22-18-25(36-14-16-39-17-15-36)4-5-27(22)35-29-19-26(7-9-33-29)38-20-24-6-8-34-31(23-2-3-23)30(24)28(21-38)37-12-10-32-11-13-37/h4-9,18-19,21,23,32H,2-3,10-17,20H2,1H3,(H,33,35). The van der Waals surface area contributed by atoms with Crippen LogP contribution in [0.25, 0.3) is 5.70 Å². The molecule has 1 saturated carbocycles. The molecule has 4 aliphatic rings. The van der Waals surface area contributed by atoms with Crippen molar-refractivity contribution >= 4 is 28.6 Å². The smallest absolute Gasteiger partial charge is 0.132 e. The predicted octanol–water partition coefficient (Wildman–Crippen LogP) is 4.47. The highest BCUT2D eigenvalue weighted by molar-refractivity contribution is 5.76. The van der Waals surface area contributed by atoms with Gasteiger partial charge in [0.05, 0.1) is 24.6 Å². The van der Waals surface area contributed by atoms with Gasteiger partial charge in [0.2, 0.25) is 0 Å². The van der Waals surface area contributed by atoms with Crippen LogP contribution >= 0.6 is 0 Å².